The summed E-state index contributed by atoms with van der Waals surface area (Å²) in [5.74, 6) is -0.628. The molecule has 106 valence electrons. The van der Waals surface area contributed by atoms with Crippen LogP contribution in [0, 0.1) is 12.7 Å². The number of carbonyl (C=O) groups is 1. The minimum Gasteiger partial charge on any atom is -0.382 e. The lowest BCUT2D eigenvalue weighted by Gasteiger charge is -2.05. The van der Waals surface area contributed by atoms with Crippen molar-refractivity contribution < 1.29 is 9.18 Å². The molecule has 0 spiro atoms. The van der Waals surface area contributed by atoms with Gasteiger partial charge in [0.2, 0.25) is 0 Å². The highest BCUT2D eigenvalue weighted by Crippen LogP contribution is 2.26. The van der Waals surface area contributed by atoms with E-state index in [2.05, 4.69) is 15.6 Å². The zero-order valence-electron chi connectivity index (χ0n) is 11.2. The number of rotatable bonds is 4. The predicted octanol–water partition coefficient (Wildman–Crippen LogP) is 2.86. The number of thiazole rings is 1. The van der Waals surface area contributed by atoms with Gasteiger partial charge in [0.05, 0.1) is 0 Å². The number of nitrogens with one attached hydrogen (secondary N) is 2. The van der Waals surface area contributed by atoms with E-state index in [1.54, 1.807) is 13.0 Å². The summed E-state index contributed by atoms with van der Waals surface area (Å²) >= 11 is 1.17. The molecule has 0 saturated carbocycles. The zero-order valence-corrected chi connectivity index (χ0v) is 12.0. The van der Waals surface area contributed by atoms with Crippen molar-refractivity contribution in [1.29, 1.82) is 0 Å². The Morgan fingerprint density at radius 2 is 2.20 bits per heavy atom. The highest BCUT2D eigenvalue weighted by atomic mass is 32.1. The topological polar surface area (TPSA) is 80.0 Å². The van der Waals surface area contributed by atoms with Crippen LogP contribution in [0.5, 0.6) is 0 Å². The number of anilines is 3. The van der Waals surface area contributed by atoms with Gasteiger partial charge in [0.15, 0.2) is 5.13 Å². The van der Waals surface area contributed by atoms with Crippen LogP contribution in [0.2, 0.25) is 0 Å². The Kier molecular flexibility index (Phi) is 4.19. The van der Waals surface area contributed by atoms with E-state index in [1.807, 2.05) is 6.92 Å². The molecule has 2 rings (SSSR count). The lowest BCUT2D eigenvalue weighted by molar-refractivity contribution is 0.103. The molecular formula is C13H15FN4OS. The summed E-state index contributed by atoms with van der Waals surface area (Å²) in [7, 11) is 0. The van der Waals surface area contributed by atoms with E-state index in [-0.39, 0.29) is 5.82 Å². The van der Waals surface area contributed by atoms with Gasteiger partial charge in [0.25, 0.3) is 5.91 Å². The molecule has 0 atom stereocenters. The first-order valence-corrected chi connectivity index (χ1v) is 6.90. The van der Waals surface area contributed by atoms with E-state index < -0.39 is 11.7 Å². The first kappa shape index (κ1) is 14.3. The quantitative estimate of drug-likeness (QED) is 0.810. The second-order valence-electron chi connectivity index (χ2n) is 4.24. The van der Waals surface area contributed by atoms with Crippen molar-refractivity contribution in [2.24, 2.45) is 0 Å². The molecular weight excluding hydrogens is 279 g/mol. The third-order valence-electron chi connectivity index (χ3n) is 2.49. The first-order valence-electron chi connectivity index (χ1n) is 6.08. The molecule has 20 heavy (non-hydrogen) atoms. The van der Waals surface area contributed by atoms with Crippen LogP contribution in [0.25, 0.3) is 0 Å². The molecule has 2 aromatic rings. The number of carbonyl (C=O) groups excluding carboxylic acids is 1. The van der Waals surface area contributed by atoms with Gasteiger partial charge in [0.1, 0.15) is 16.5 Å². The molecule has 7 heteroatoms. The molecule has 0 aliphatic carbocycles. The summed E-state index contributed by atoms with van der Waals surface area (Å²) < 4.78 is 13.3. The number of benzene rings is 1. The number of nitrogen functional groups attached to an aromatic ring is 1. The van der Waals surface area contributed by atoms with Crippen molar-refractivity contribution in [1.82, 2.24) is 4.98 Å². The van der Waals surface area contributed by atoms with Gasteiger partial charge in [-0.3, -0.25) is 4.79 Å². The number of amides is 1. The maximum Gasteiger partial charge on any atom is 0.269 e. The van der Waals surface area contributed by atoms with Crippen LogP contribution in [0.1, 0.15) is 22.2 Å². The summed E-state index contributed by atoms with van der Waals surface area (Å²) in [6.45, 7) is 4.37. The Morgan fingerprint density at radius 1 is 1.45 bits per heavy atom. The van der Waals surface area contributed by atoms with E-state index in [0.29, 0.717) is 22.2 Å². The zero-order chi connectivity index (χ0) is 14.7. The van der Waals surface area contributed by atoms with Gasteiger partial charge in [0, 0.05) is 12.2 Å². The predicted molar refractivity (Wildman–Crippen MR) is 79.8 cm³/mol. The maximum absolute atomic E-state index is 13.3. The van der Waals surface area contributed by atoms with Crippen molar-refractivity contribution >= 4 is 33.9 Å². The molecule has 0 saturated heterocycles. The molecule has 5 nitrogen and oxygen atoms in total. The normalized spacial score (nSPS) is 10.3. The minimum atomic E-state index is -0.397. The fraction of sp³-hybridized carbons (Fsp3) is 0.231. The van der Waals surface area contributed by atoms with Crippen molar-refractivity contribution in [3.63, 3.8) is 0 Å². The Morgan fingerprint density at radius 3 is 2.85 bits per heavy atom. The number of hydrogen-bond donors (Lipinski definition) is 3. The highest BCUT2D eigenvalue weighted by molar-refractivity contribution is 7.18. The van der Waals surface area contributed by atoms with E-state index >= 15 is 0 Å². The summed E-state index contributed by atoms with van der Waals surface area (Å²) in [6, 6.07) is 4.33. The lowest BCUT2D eigenvalue weighted by Crippen LogP contribution is -2.12. The molecule has 0 aliphatic rings. The first-order chi connectivity index (χ1) is 9.49. The number of aryl methyl sites for hydroxylation is 1. The molecule has 1 aromatic heterocycles. The maximum atomic E-state index is 13.3. The molecule has 1 aromatic carbocycles. The van der Waals surface area contributed by atoms with Crippen molar-refractivity contribution in [3.8, 4) is 0 Å². The SMILES string of the molecule is CCNc1nc(N)c(C(=O)Nc2cc(C)cc(F)c2)s1. The average molecular weight is 294 g/mol. The van der Waals surface area contributed by atoms with Crippen molar-refractivity contribution in [3.05, 3.63) is 34.5 Å². The second kappa shape index (κ2) is 5.87. The molecule has 0 unspecified atom stereocenters. The molecule has 1 heterocycles. The van der Waals surface area contributed by atoms with Gasteiger partial charge in [-0.25, -0.2) is 9.37 Å². The van der Waals surface area contributed by atoms with E-state index in [1.165, 1.54) is 23.5 Å². The molecule has 0 fully saturated rings. The van der Waals surface area contributed by atoms with Gasteiger partial charge < -0.3 is 16.4 Å². The molecule has 0 aliphatic heterocycles. The van der Waals surface area contributed by atoms with Gasteiger partial charge in [-0.05, 0) is 37.6 Å². The van der Waals surface area contributed by atoms with Crippen LogP contribution in [0.15, 0.2) is 18.2 Å². The highest BCUT2D eigenvalue weighted by Gasteiger charge is 2.16. The lowest BCUT2D eigenvalue weighted by atomic mass is 10.2. The van der Waals surface area contributed by atoms with E-state index in [0.717, 1.165) is 5.56 Å². The summed E-state index contributed by atoms with van der Waals surface area (Å²) in [5, 5.41) is 6.20. The van der Waals surface area contributed by atoms with Gasteiger partial charge in [-0.2, -0.15) is 0 Å². The third-order valence-corrected chi connectivity index (χ3v) is 3.52. The number of nitrogens with zero attached hydrogens (tertiary/aromatic N) is 1. The minimum absolute atomic E-state index is 0.163. The Labute approximate surface area is 120 Å². The summed E-state index contributed by atoms with van der Waals surface area (Å²) in [4.78, 5) is 16.5. The smallest absolute Gasteiger partial charge is 0.269 e. The number of nitrogens with two attached hydrogens (primary N) is 1. The number of halogens is 1. The van der Waals surface area contributed by atoms with Gasteiger partial charge in [-0.1, -0.05) is 11.3 Å². The fourth-order valence-electron chi connectivity index (χ4n) is 1.72. The van der Waals surface area contributed by atoms with Crippen LogP contribution in [0.4, 0.5) is 21.0 Å². The Bertz CT molecular complexity index is 621. The fourth-order valence-corrected chi connectivity index (χ4v) is 2.57. The molecule has 0 bridgehead atoms. The Balaban J connectivity index is 2.19. The third kappa shape index (κ3) is 3.24. The van der Waals surface area contributed by atoms with Crippen LogP contribution >= 0.6 is 11.3 Å². The standard InChI is InChI=1S/C13H15FN4OS/c1-3-16-13-18-11(15)10(20-13)12(19)17-9-5-7(2)4-8(14)6-9/h4-6H,3,15H2,1-2H3,(H,16,18)(H,17,19). The van der Waals surface area contributed by atoms with E-state index in [9.17, 15) is 9.18 Å². The molecule has 0 radical (unpaired) electrons. The van der Waals surface area contributed by atoms with Crippen LogP contribution < -0.4 is 16.4 Å². The van der Waals surface area contributed by atoms with Crippen LogP contribution in [-0.2, 0) is 0 Å². The van der Waals surface area contributed by atoms with Crippen molar-refractivity contribution in [2.75, 3.05) is 22.9 Å². The van der Waals surface area contributed by atoms with Crippen LogP contribution in [0.3, 0.4) is 0 Å². The van der Waals surface area contributed by atoms with Gasteiger partial charge in [-0.15, -0.1) is 0 Å². The molecule has 1 amide bonds. The summed E-state index contributed by atoms with van der Waals surface area (Å²) in [6.07, 6.45) is 0. The number of hydrogen-bond acceptors (Lipinski definition) is 5. The Hall–Kier alpha value is -2.15. The monoisotopic (exact) mass is 294 g/mol. The average Bonchev–Trinajstić information content (AvgIpc) is 2.69. The summed E-state index contributed by atoms with van der Waals surface area (Å²) in [5.41, 5.74) is 6.83. The number of aromatic nitrogens is 1. The second-order valence-corrected chi connectivity index (χ2v) is 5.23. The van der Waals surface area contributed by atoms with E-state index in [4.69, 9.17) is 5.73 Å². The van der Waals surface area contributed by atoms with Crippen molar-refractivity contribution in [2.45, 2.75) is 13.8 Å². The molecule has 4 N–H and O–H groups in total. The van der Waals surface area contributed by atoms with Gasteiger partial charge >= 0.3 is 0 Å². The van der Waals surface area contributed by atoms with Crippen LogP contribution in [-0.4, -0.2) is 17.4 Å². The largest absolute Gasteiger partial charge is 0.382 e.